The average Bonchev–Trinajstić information content (AvgIpc) is 3.20. The van der Waals surface area contributed by atoms with Crippen LogP contribution in [0.15, 0.2) is 73.3 Å². The summed E-state index contributed by atoms with van der Waals surface area (Å²) < 4.78 is 23.2. The van der Waals surface area contributed by atoms with E-state index >= 15 is 4.39 Å². The average molecular weight is 372 g/mol. The van der Waals surface area contributed by atoms with Crippen molar-refractivity contribution in [3.63, 3.8) is 0 Å². The second-order valence-electron chi connectivity index (χ2n) is 7.26. The third kappa shape index (κ3) is 2.36. The molecular formula is C23H21FN4+2. The minimum Gasteiger partial charge on any atom is -0.232 e. The van der Waals surface area contributed by atoms with Gasteiger partial charge in [0, 0.05) is 6.07 Å². The number of aromatic nitrogens is 4. The van der Waals surface area contributed by atoms with Gasteiger partial charge in [-0.05, 0) is 42.8 Å². The molecule has 4 nitrogen and oxygen atoms in total. The van der Waals surface area contributed by atoms with Gasteiger partial charge in [-0.1, -0.05) is 24.3 Å². The monoisotopic (exact) mass is 372 g/mol. The maximum Gasteiger partial charge on any atom is 0.249 e. The van der Waals surface area contributed by atoms with Crippen LogP contribution in [0.5, 0.6) is 0 Å². The summed E-state index contributed by atoms with van der Waals surface area (Å²) in [6.45, 7) is 1.95. The number of imidazole rings is 2. The normalized spacial score (nSPS) is 11.6. The maximum atomic E-state index is 15.0. The standard InChI is InChI=1S/C23H21FN4/c1-16-12-17(24)23(28-15-26(3)19-9-5-7-11-21(19)28)13-22(16)27-14-25(2)18-8-4-6-10-20(18)27/h4-15H,1-3H3/q+2. The third-order valence-corrected chi connectivity index (χ3v) is 5.40. The van der Waals surface area contributed by atoms with Gasteiger partial charge >= 0.3 is 0 Å². The molecule has 0 aliphatic rings. The number of hydrogen-bond donors (Lipinski definition) is 0. The van der Waals surface area contributed by atoms with Gasteiger partial charge < -0.3 is 0 Å². The summed E-state index contributed by atoms with van der Waals surface area (Å²) in [5.74, 6) is -0.233. The van der Waals surface area contributed by atoms with E-state index in [1.54, 1.807) is 6.07 Å². The molecule has 3 aromatic carbocycles. The summed E-state index contributed by atoms with van der Waals surface area (Å²) in [6, 6.07) is 19.8. The van der Waals surface area contributed by atoms with E-state index < -0.39 is 0 Å². The number of para-hydroxylation sites is 4. The number of aryl methyl sites for hydroxylation is 3. The Hall–Kier alpha value is -3.47. The minimum absolute atomic E-state index is 0.233. The number of halogens is 1. The highest BCUT2D eigenvalue weighted by molar-refractivity contribution is 5.76. The Morgan fingerprint density at radius 3 is 1.79 bits per heavy atom. The van der Waals surface area contributed by atoms with Crippen LogP contribution >= 0.6 is 0 Å². The van der Waals surface area contributed by atoms with Crippen LogP contribution in [0.4, 0.5) is 4.39 Å². The van der Waals surface area contributed by atoms with E-state index in [4.69, 9.17) is 0 Å². The van der Waals surface area contributed by atoms with Gasteiger partial charge in [0.1, 0.15) is 5.69 Å². The molecule has 0 aliphatic heterocycles. The molecule has 0 amide bonds. The highest BCUT2D eigenvalue weighted by Gasteiger charge is 2.23. The van der Waals surface area contributed by atoms with Gasteiger partial charge in [-0.2, -0.15) is 9.13 Å². The number of nitrogens with zero attached hydrogens (tertiary/aromatic N) is 4. The van der Waals surface area contributed by atoms with Crippen LogP contribution in [0.2, 0.25) is 0 Å². The fraction of sp³-hybridized carbons (Fsp3) is 0.130. The second kappa shape index (κ2) is 6.02. The van der Waals surface area contributed by atoms with Gasteiger partial charge in [-0.3, -0.25) is 0 Å². The zero-order valence-corrected chi connectivity index (χ0v) is 16.1. The first-order valence-corrected chi connectivity index (χ1v) is 9.27. The molecule has 0 unspecified atom stereocenters. The fourth-order valence-electron chi connectivity index (χ4n) is 4.01. The van der Waals surface area contributed by atoms with Crippen molar-refractivity contribution >= 4 is 22.1 Å². The predicted octanol–water partition coefficient (Wildman–Crippen LogP) is 3.67. The highest BCUT2D eigenvalue weighted by Crippen LogP contribution is 2.27. The van der Waals surface area contributed by atoms with E-state index in [1.165, 1.54) is 0 Å². The van der Waals surface area contributed by atoms with E-state index in [0.717, 1.165) is 33.3 Å². The van der Waals surface area contributed by atoms with Crippen molar-refractivity contribution in [1.82, 2.24) is 9.13 Å². The van der Waals surface area contributed by atoms with Gasteiger partial charge in [-0.25, -0.2) is 13.5 Å². The van der Waals surface area contributed by atoms with Crippen LogP contribution in [0, 0.1) is 12.7 Å². The lowest BCUT2D eigenvalue weighted by atomic mass is 10.1. The van der Waals surface area contributed by atoms with Crippen molar-refractivity contribution in [3.8, 4) is 11.4 Å². The Bertz CT molecular complexity index is 1260. The molecule has 2 heterocycles. The zero-order chi connectivity index (χ0) is 19.4. The van der Waals surface area contributed by atoms with Crippen LogP contribution in [0.3, 0.4) is 0 Å². The Balaban J connectivity index is 1.80. The Kier molecular flexibility index (Phi) is 3.59. The van der Waals surface area contributed by atoms with Crippen LogP contribution in [0.25, 0.3) is 33.4 Å². The first-order chi connectivity index (χ1) is 13.5. The Morgan fingerprint density at radius 2 is 1.21 bits per heavy atom. The number of fused-ring (bicyclic) bond motifs is 2. The predicted molar refractivity (Wildman–Crippen MR) is 107 cm³/mol. The van der Waals surface area contributed by atoms with Crippen LogP contribution < -0.4 is 9.13 Å². The van der Waals surface area contributed by atoms with Crippen molar-refractivity contribution in [2.24, 2.45) is 14.1 Å². The molecule has 2 aromatic heterocycles. The SMILES string of the molecule is Cc1cc(F)c(-n2c[n+](C)c3ccccc32)cc1-n1c[n+](C)c2ccccc21. The number of benzene rings is 3. The second-order valence-corrected chi connectivity index (χ2v) is 7.26. The summed E-state index contributed by atoms with van der Waals surface area (Å²) in [5, 5.41) is 0. The van der Waals surface area contributed by atoms with Crippen molar-refractivity contribution < 1.29 is 13.5 Å². The van der Waals surface area contributed by atoms with Crippen molar-refractivity contribution in [2.75, 3.05) is 0 Å². The summed E-state index contributed by atoms with van der Waals surface area (Å²) >= 11 is 0. The van der Waals surface area contributed by atoms with E-state index in [2.05, 4.69) is 21.3 Å². The summed E-state index contributed by atoms with van der Waals surface area (Å²) in [7, 11) is 4.00. The smallest absolute Gasteiger partial charge is 0.232 e. The van der Waals surface area contributed by atoms with Gasteiger partial charge in [0.15, 0.2) is 33.6 Å². The molecule has 0 fully saturated rings. The van der Waals surface area contributed by atoms with E-state index in [-0.39, 0.29) is 5.82 Å². The van der Waals surface area contributed by atoms with Crippen molar-refractivity contribution in [2.45, 2.75) is 6.92 Å². The van der Waals surface area contributed by atoms with Gasteiger partial charge in [0.25, 0.3) is 0 Å². The summed E-state index contributed by atoms with van der Waals surface area (Å²) in [6.07, 6.45) is 3.97. The quantitative estimate of drug-likeness (QED) is 0.421. The third-order valence-electron chi connectivity index (χ3n) is 5.40. The van der Waals surface area contributed by atoms with Gasteiger partial charge in [0.05, 0.1) is 14.1 Å². The number of hydrogen-bond acceptors (Lipinski definition) is 0. The lowest BCUT2D eigenvalue weighted by Crippen LogP contribution is -2.25. The van der Waals surface area contributed by atoms with Gasteiger partial charge in [0.2, 0.25) is 12.7 Å². The molecule has 0 spiro atoms. The molecule has 0 aliphatic carbocycles. The first-order valence-electron chi connectivity index (χ1n) is 9.27. The van der Waals surface area contributed by atoms with Gasteiger partial charge in [-0.15, -0.1) is 0 Å². The molecule has 5 aromatic rings. The summed E-state index contributed by atoms with van der Waals surface area (Å²) in [4.78, 5) is 0. The van der Waals surface area contributed by atoms with Crippen LogP contribution in [-0.2, 0) is 14.1 Å². The number of rotatable bonds is 2. The molecule has 138 valence electrons. The molecule has 0 saturated carbocycles. The molecule has 0 saturated heterocycles. The lowest BCUT2D eigenvalue weighted by Gasteiger charge is -2.06. The minimum atomic E-state index is -0.233. The lowest BCUT2D eigenvalue weighted by molar-refractivity contribution is -0.645. The molecule has 28 heavy (non-hydrogen) atoms. The molecule has 0 N–H and O–H groups in total. The van der Waals surface area contributed by atoms with Crippen molar-refractivity contribution in [1.29, 1.82) is 0 Å². The van der Waals surface area contributed by atoms with E-state index in [1.807, 2.05) is 85.3 Å². The van der Waals surface area contributed by atoms with Crippen LogP contribution in [0.1, 0.15) is 5.56 Å². The molecule has 0 radical (unpaired) electrons. The Morgan fingerprint density at radius 1 is 0.714 bits per heavy atom. The largest absolute Gasteiger partial charge is 0.249 e. The molecule has 0 atom stereocenters. The fourth-order valence-corrected chi connectivity index (χ4v) is 4.01. The van der Waals surface area contributed by atoms with E-state index in [0.29, 0.717) is 5.69 Å². The zero-order valence-electron chi connectivity index (χ0n) is 16.1. The summed E-state index contributed by atoms with van der Waals surface area (Å²) in [5.41, 5.74) is 6.65. The van der Waals surface area contributed by atoms with Crippen LogP contribution in [-0.4, -0.2) is 9.13 Å². The molecular weight excluding hydrogens is 351 g/mol. The molecule has 0 bridgehead atoms. The maximum absolute atomic E-state index is 15.0. The van der Waals surface area contributed by atoms with E-state index in [9.17, 15) is 0 Å². The molecule has 5 heteroatoms. The molecule has 5 rings (SSSR count). The topological polar surface area (TPSA) is 17.6 Å². The first kappa shape index (κ1) is 16.7. The van der Waals surface area contributed by atoms with Crippen molar-refractivity contribution in [3.05, 3.63) is 84.7 Å². The Labute approximate surface area is 162 Å². The highest BCUT2D eigenvalue weighted by atomic mass is 19.1.